The van der Waals surface area contributed by atoms with Gasteiger partial charge in [0.2, 0.25) is 5.91 Å². The fourth-order valence-electron chi connectivity index (χ4n) is 1.78. The highest BCUT2D eigenvalue weighted by atomic mass is 16.5. The molecule has 4 nitrogen and oxygen atoms in total. The van der Waals surface area contributed by atoms with E-state index in [0.29, 0.717) is 13.2 Å². The number of nitrogens with one attached hydrogen (secondary N) is 1. The van der Waals surface area contributed by atoms with Gasteiger partial charge in [-0.25, -0.2) is 0 Å². The van der Waals surface area contributed by atoms with E-state index in [1.807, 2.05) is 37.3 Å². The van der Waals surface area contributed by atoms with Gasteiger partial charge in [0.05, 0.1) is 19.3 Å². The average Bonchev–Trinajstić information content (AvgIpc) is 2.33. The van der Waals surface area contributed by atoms with Crippen LogP contribution >= 0.6 is 0 Å². The van der Waals surface area contributed by atoms with E-state index in [0.717, 1.165) is 5.56 Å². The molecule has 1 amide bonds. The third-order valence-corrected chi connectivity index (χ3v) is 2.77. The van der Waals surface area contributed by atoms with Crippen molar-refractivity contribution in [3.63, 3.8) is 0 Å². The number of hydrogen-bond donors (Lipinski definition) is 1. The predicted molar refractivity (Wildman–Crippen MR) is 63.4 cm³/mol. The third kappa shape index (κ3) is 3.54. The second-order valence-corrected chi connectivity index (χ2v) is 4.21. The fourth-order valence-corrected chi connectivity index (χ4v) is 1.78. The molecule has 1 aromatic carbocycles. The molecule has 1 aliphatic heterocycles. The first-order valence-electron chi connectivity index (χ1n) is 5.78. The number of carbonyl (C=O) groups excluding carboxylic acids is 1. The first-order chi connectivity index (χ1) is 8.25. The first-order valence-corrected chi connectivity index (χ1v) is 5.78. The van der Waals surface area contributed by atoms with Gasteiger partial charge in [0.25, 0.3) is 0 Å². The van der Waals surface area contributed by atoms with E-state index in [-0.39, 0.29) is 24.7 Å². The van der Waals surface area contributed by atoms with E-state index in [2.05, 4.69) is 5.32 Å². The van der Waals surface area contributed by atoms with Gasteiger partial charge in [-0.2, -0.15) is 0 Å². The molecule has 1 aliphatic rings. The van der Waals surface area contributed by atoms with Crippen molar-refractivity contribution in [3.05, 3.63) is 35.9 Å². The summed E-state index contributed by atoms with van der Waals surface area (Å²) in [4.78, 5) is 11.0. The van der Waals surface area contributed by atoms with E-state index in [1.165, 1.54) is 0 Å². The summed E-state index contributed by atoms with van der Waals surface area (Å²) in [6.45, 7) is 3.12. The molecule has 1 fully saturated rings. The lowest BCUT2D eigenvalue weighted by atomic mass is 10.1. The molecule has 4 heteroatoms. The Morgan fingerprint density at radius 2 is 2.18 bits per heavy atom. The molecule has 1 N–H and O–H groups in total. The SMILES string of the molecule is C[C@H]1NC(=O)CO[C@H]1COCc1ccccc1. The summed E-state index contributed by atoms with van der Waals surface area (Å²) in [6.07, 6.45) is -0.0589. The zero-order valence-corrected chi connectivity index (χ0v) is 9.89. The van der Waals surface area contributed by atoms with Gasteiger partial charge in [0.15, 0.2) is 0 Å². The second kappa shape index (κ2) is 5.80. The van der Waals surface area contributed by atoms with Gasteiger partial charge in [-0.3, -0.25) is 4.79 Å². The Morgan fingerprint density at radius 1 is 1.41 bits per heavy atom. The molecule has 17 heavy (non-hydrogen) atoms. The van der Waals surface area contributed by atoms with Crippen LogP contribution in [0.4, 0.5) is 0 Å². The lowest BCUT2D eigenvalue weighted by Gasteiger charge is -2.29. The maximum atomic E-state index is 11.0. The molecule has 0 spiro atoms. The highest BCUT2D eigenvalue weighted by Crippen LogP contribution is 2.07. The molecule has 2 rings (SSSR count). The van der Waals surface area contributed by atoms with E-state index in [9.17, 15) is 4.79 Å². The number of amides is 1. The zero-order chi connectivity index (χ0) is 12.1. The average molecular weight is 235 g/mol. The number of hydrogen-bond acceptors (Lipinski definition) is 3. The molecule has 92 valence electrons. The standard InChI is InChI=1S/C13H17NO3/c1-10-12(17-9-13(15)14-10)8-16-7-11-5-3-2-4-6-11/h2-6,10,12H,7-9H2,1H3,(H,14,15)/t10-,12+/m1/s1. The Morgan fingerprint density at radius 3 is 2.88 bits per heavy atom. The van der Waals surface area contributed by atoms with Crippen LogP contribution in [0.2, 0.25) is 0 Å². The van der Waals surface area contributed by atoms with Crippen molar-refractivity contribution in [2.75, 3.05) is 13.2 Å². The second-order valence-electron chi connectivity index (χ2n) is 4.21. The molecule has 0 saturated carbocycles. The van der Waals surface area contributed by atoms with Crippen molar-refractivity contribution in [2.24, 2.45) is 0 Å². The molecule has 0 aromatic heterocycles. The predicted octanol–water partition coefficient (Wildman–Crippen LogP) is 1.11. The van der Waals surface area contributed by atoms with E-state index in [1.54, 1.807) is 0 Å². The lowest BCUT2D eigenvalue weighted by Crippen LogP contribution is -2.51. The third-order valence-electron chi connectivity index (χ3n) is 2.77. The fraction of sp³-hybridized carbons (Fsp3) is 0.462. The van der Waals surface area contributed by atoms with Gasteiger partial charge in [0, 0.05) is 0 Å². The normalized spacial score (nSPS) is 24.4. The summed E-state index contributed by atoms with van der Waals surface area (Å²) < 4.78 is 11.0. The van der Waals surface area contributed by atoms with Crippen LogP contribution in [0.5, 0.6) is 0 Å². The number of benzene rings is 1. The molecule has 1 aromatic rings. The van der Waals surface area contributed by atoms with Gasteiger partial charge in [-0.15, -0.1) is 0 Å². The lowest BCUT2D eigenvalue weighted by molar-refractivity contribution is -0.140. The maximum absolute atomic E-state index is 11.0. The van der Waals surface area contributed by atoms with Crippen LogP contribution in [-0.4, -0.2) is 31.3 Å². The minimum absolute atomic E-state index is 0.00650. The van der Waals surface area contributed by atoms with Crippen molar-refractivity contribution >= 4 is 5.91 Å². The summed E-state index contributed by atoms with van der Waals surface area (Å²) in [7, 11) is 0. The van der Waals surface area contributed by atoms with E-state index < -0.39 is 0 Å². The number of ether oxygens (including phenoxy) is 2. The number of morpholine rings is 1. The quantitative estimate of drug-likeness (QED) is 0.850. The zero-order valence-electron chi connectivity index (χ0n) is 9.89. The summed E-state index contributed by atoms with van der Waals surface area (Å²) >= 11 is 0. The van der Waals surface area contributed by atoms with Crippen molar-refractivity contribution in [2.45, 2.75) is 25.7 Å². The number of carbonyl (C=O) groups is 1. The molecular weight excluding hydrogens is 218 g/mol. The van der Waals surface area contributed by atoms with Crippen LogP contribution in [0.25, 0.3) is 0 Å². The summed E-state index contributed by atoms with van der Waals surface area (Å²) in [5.74, 6) is -0.0585. The van der Waals surface area contributed by atoms with Gasteiger partial charge in [0.1, 0.15) is 12.7 Å². The highest BCUT2D eigenvalue weighted by molar-refractivity contribution is 5.78. The van der Waals surface area contributed by atoms with Crippen LogP contribution in [0.3, 0.4) is 0 Å². The molecule has 0 aliphatic carbocycles. The molecule has 2 atom stereocenters. The minimum Gasteiger partial charge on any atom is -0.374 e. The minimum atomic E-state index is -0.0589. The summed E-state index contributed by atoms with van der Waals surface area (Å²) in [6, 6.07) is 10.00. The molecule has 1 heterocycles. The van der Waals surface area contributed by atoms with Gasteiger partial charge in [-0.05, 0) is 12.5 Å². The number of rotatable bonds is 4. The van der Waals surface area contributed by atoms with Crippen LogP contribution in [-0.2, 0) is 20.9 Å². The van der Waals surface area contributed by atoms with Gasteiger partial charge < -0.3 is 14.8 Å². The Kier molecular flexibility index (Phi) is 4.12. The van der Waals surface area contributed by atoms with Gasteiger partial charge >= 0.3 is 0 Å². The van der Waals surface area contributed by atoms with Crippen LogP contribution < -0.4 is 5.32 Å². The molecule has 0 radical (unpaired) electrons. The van der Waals surface area contributed by atoms with Crippen molar-refractivity contribution < 1.29 is 14.3 Å². The summed E-state index contributed by atoms with van der Waals surface area (Å²) in [5.41, 5.74) is 1.14. The smallest absolute Gasteiger partial charge is 0.246 e. The van der Waals surface area contributed by atoms with Gasteiger partial charge in [-0.1, -0.05) is 30.3 Å². The first kappa shape index (κ1) is 12.1. The van der Waals surface area contributed by atoms with Crippen molar-refractivity contribution in [1.82, 2.24) is 5.32 Å². The topological polar surface area (TPSA) is 47.6 Å². The van der Waals surface area contributed by atoms with Crippen LogP contribution in [0.1, 0.15) is 12.5 Å². The molecule has 0 bridgehead atoms. The highest BCUT2D eigenvalue weighted by Gasteiger charge is 2.25. The van der Waals surface area contributed by atoms with Crippen molar-refractivity contribution in [3.8, 4) is 0 Å². The largest absolute Gasteiger partial charge is 0.374 e. The Balaban J connectivity index is 1.73. The van der Waals surface area contributed by atoms with Crippen LogP contribution in [0, 0.1) is 0 Å². The Bertz CT molecular complexity index is 366. The maximum Gasteiger partial charge on any atom is 0.246 e. The van der Waals surface area contributed by atoms with E-state index in [4.69, 9.17) is 9.47 Å². The monoisotopic (exact) mass is 235 g/mol. The van der Waals surface area contributed by atoms with Crippen molar-refractivity contribution in [1.29, 1.82) is 0 Å². The van der Waals surface area contributed by atoms with E-state index >= 15 is 0 Å². The molecule has 1 saturated heterocycles. The summed E-state index contributed by atoms with van der Waals surface area (Å²) in [5, 5.41) is 2.83. The Hall–Kier alpha value is -1.39. The molecular formula is C13H17NO3. The Labute approximate surface area is 101 Å². The van der Waals surface area contributed by atoms with Crippen LogP contribution in [0.15, 0.2) is 30.3 Å². The molecule has 0 unspecified atom stereocenters.